The van der Waals surface area contributed by atoms with E-state index >= 15 is 0 Å². The first-order chi connectivity index (χ1) is 9.99. The van der Waals surface area contributed by atoms with E-state index in [2.05, 4.69) is 43.1 Å². The van der Waals surface area contributed by atoms with Crippen LogP contribution in [0.1, 0.15) is 5.56 Å². The third kappa shape index (κ3) is 4.12. The predicted octanol–water partition coefficient (Wildman–Crippen LogP) is 1.72. The molecule has 0 bridgehead atoms. The third-order valence-electron chi connectivity index (χ3n) is 3.75. The van der Waals surface area contributed by atoms with E-state index in [1.165, 1.54) is 6.20 Å². The first-order valence-corrected chi connectivity index (χ1v) is 7.72. The first-order valence-electron chi connectivity index (χ1n) is 6.93. The maximum absolute atomic E-state index is 10.8. The van der Waals surface area contributed by atoms with Crippen molar-refractivity contribution < 1.29 is 4.92 Å². The molecule has 7 nitrogen and oxygen atoms in total. The van der Waals surface area contributed by atoms with Crippen LogP contribution in [0, 0.1) is 17.0 Å². The van der Waals surface area contributed by atoms with Gasteiger partial charge < -0.3 is 10.2 Å². The molecule has 1 aliphatic rings. The van der Waals surface area contributed by atoms with Gasteiger partial charge in [-0.25, -0.2) is 4.98 Å². The second-order valence-corrected chi connectivity index (χ2v) is 6.05. The van der Waals surface area contributed by atoms with Crippen molar-refractivity contribution >= 4 is 27.4 Å². The molecule has 0 aliphatic carbocycles. The summed E-state index contributed by atoms with van der Waals surface area (Å²) in [5.74, 6) is 0.659. The van der Waals surface area contributed by atoms with E-state index in [0.29, 0.717) is 15.9 Å². The molecule has 0 spiro atoms. The summed E-state index contributed by atoms with van der Waals surface area (Å²) in [5, 5.41) is 14.1. The highest BCUT2D eigenvalue weighted by Crippen LogP contribution is 2.30. The molecule has 0 atom stereocenters. The van der Waals surface area contributed by atoms with Crippen LogP contribution < -0.4 is 5.32 Å². The lowest BCUT2D eigenvalue weighted by molar-refractivity contribution is -0.385. The van der Waals surface area contributed by atoms with Crippen LogP contribution in [-0.4, -0.2) is 66.0 Å². The van der Waals surface area contributed by atoms with Crippen LogP contribution in [0.5, 0.6) is 0 Å². The Morgan fingerprint density at radius 2 is 2.10 bits per heavy atom. The average molecular weight is 358 g/mol. The Morgan fingerprint density at radius 3 is 2.71 bits per heavy atom. The number of nitro groups is 1. The van der Waals surface area contributed by atoms with Gasteiger partial charge in [0.15, 0.2) is 0 Å². The number of halogens is 1. The number of nitrogens with zero attached hydrogens (tertiary/aromatic N) is 4. The summed E-state index contributed by atoms with van der Waals surface area (Å²) >= 11 is 3.38. The molecule has 1 saturated heterocycles. The SMILES string of the molecule is Cc1c([N+](=O)[O-])cnc(NCCN2CCN(C)CC2)c1Br. The van der Waals surface area contributed by atoms with Gasteiger partial charge in [0.1, 0.15) is 12.0 Å². The summed E-state index contributed by atoms with van der Waals surface area (Å²) in [6, 6.07) is 0. The van der Waals surface area contributed by atoms with Gasteiger partial charge in [0, 0.05) is 44.8 Å². The van der Waals surface area contributed by atoms with Crippen molar-refractivity contribution in [1.82, 2.24) is 14.8 Å². The highest BCUT2D eigenvalue weighted by Gasteiger charge is 2.17. The van der Waals surface area contributed by atoms with Crippen LogP contribution in [0.25, 0.3) is 0 Å². The Balaban J connectivity index is 1.89. The van der Waals surface area contributed by atoms with Crippen molar-refractivity contribution in [3.8, 4) is 0 Å². The summed E-state index contributed by atoms with van der Waals surface area (Å²) in [6.45, 7) is 7.77. The number of pyridine rings is 1. The van der Waals surface area contributed by atoms with Crippen LogP contribution in [0.2, 0.25) is 0 Å². The van der Waals surface area contributed by atoms with Gasteiger partial charge in [-0.3, -0.25) is 15.0 Å². The highest BCUT2D eigenvalue weighted by molar-refractivity contribution is 9.10. The minimum Gasteiger partial charge on any atom is -0.368 e. The molecule has 1 aromatic heterocycles. The molecular formula is C13H20BrN5O2. The zero-order valence-corrected chi connectivity index (χ0v) is 13.9. The largest absolute Gasteiger partial charge is 0.368 e. The van der Waals surface area contributed by atoms with E-state index < -0.39 is 4.92 Å². The number of hydrogen-bond donors (Lipinski definition) is 1. The average Bonchev–Trinajstić information content (AvgIpc) is 2.45. The fraction of sp³-hybridized carbons (Fsp3) is 0.615. The summed E-state index contributed by atoms with van der Waals surface area (Å²) in [6.07, 6.45) is 1.30. The van der Waals surface area contributed by atoms with Crippen molar-refractivity contribution in [1.29, 1.82) is 0 Å². The monoisotopic (exact) mass is 357 g/mol. The molecule has 1 N–H and O–H groups in total. The molecule has 1 aliphatic heterocycles. The van der Waals surface area contributed by atoms with Gasteiger partial charge in [-0.2, -0.15) is 0 Å². The zero-order chi connectivity index (χ0) is 15.4. The van der Waals surface area contributed by atoms with Crippen molar-refractivity contribution in [2.75, 3.05) is 51.6 Å². The summed E-state index contributed by atoms with van der Waals surface area (Å²) < 4.78 is 0.662. The van der Waals surface area contributed by atoms with Gasteiger partial charge in [0.2, 0.25) is 0 Å². The van der Waals surface area contributed by atoms with Crippen molar-refractivity contribution in [3.05, 3.63) is 26.3 Å². The second-order valence-electron chi connectivity index (χ2n) is 5.26. The van der Waals surface area contributed by atoms with Crippen molar-refractivity contribution in [2.24, 2.45) is 0 Å². The normalized spacial score (nSPS) is 16.9. The smallest absolute Gasteiger partial charge is 0.291 e. The maximum atomic E-state index is 10.8. The lowest BCUT2D eigenvalue weighted by Crippen LogP contribution is -2.45. The summed E-state index contributed by atoms with van der Waals surface area (Å²) in [7, 11) is 2.14. The minimum absolute atomic E-state index is 0.0338. The van der Waals surface area contributed by atoms with Crippen LogP contribution in [0.4, 0.5) is 11.5 Å². The van der Waals surface area contributed by atoms with Gasteiger partial charge in [0.05, 0.1) is 9.40 Å². The molecule has 0 radical (unpaired) electrons. The van der Waals surface area contributed by atoms with E-state index in [0.717, 1.165) is 39.3 Å². The first kappa shape index (κ1) is 16.1. The Labute approximate surface area is 132 Å². The van der Waals surface area contributed by atoms with Crippen LogP contribution >= 0.6 is 15.9 Å². The minimum atomic E-state index is -0.416. The summed E-state index contributed by atoms with van der Waals surface area (Å²) in [5.41, 5.74) is 0.628. The Hall–Kier alpha value is -1.25. The molecule has 2 rings (SSSR count). The highest BCUT2D eigenvalue weighted by atomic mass is 79.9. The van der Waals surface area contributed by atoms with Crippen LogP contribution in [0.15, 0.2) is 10.7 Å². The van der Waals surface area contributed by atoms with Crippen molar-refractivity contribution in [2.45, 2.75) is 6.92 Å². The molecular weight excluding hydrogens is 338 g/mol. The molecule has 8 heteroatoms. The quantitative estimate of drug-likeness (QED) is 0.638. The lowest BCUT2D eigenvalue weighted by atomic mass is 10.2. The van der Waals surface area contributed by atoms with Gasteiger partial charge >= 0.3 is 0 Å². The maximum Gasteiger partial charge on any atom is 0.291 e. The number of nitrogens with one attached hydrogen (secondary N) is 1. The zero-order valence-electron chi connectivity index (χ0n) is 12.3. The number of anilines is 1. The Kier molecular flexibility index (Phi) is 5.49. The number of aromatic nitrogens is 1. The molecule has 0 aromatic carbocycles. The number of piperazine rings is 1. The lowest BCUT2D eigenvalue weighted by Gasteiger charge is -2.32. The van der Waals surface area contributed by atoms with Gasteiger partial charge in [-0.1, -0.05) is 0 Å². The Morgan fingerprint density at radius 1 is 1.43 bits per heavy atom. The fourth-order valence-corrected chi connectivity index (χ4v) is 2.73. The molecule has 116 valence electrons. The number of hydrogen-bond acceptors (Lipinski definition) is 6. The Bertz CT molecular complexity index is 518. The molecule has 0 saturated carbocycles. The van der Waals surface area contributed by atoms with E-state index in [4.69, 9.17) is 0 Å². The van der Waals surface area contributed by atoms with E-state index in [-0.39, 0.29) is 5.69 Å². The van der Waals surface area contributed by atoms with E-state index in [9.17, 15) is 10.1 Å². The predicted molar refractivity (Wildman–Crippen MR) is 85.8 cm³/mol. The number of rotatable bonds is 5. The molecule has 21 heavy (non-hydrogen) atoms. The van der Waals surface area contributed by atoms with E-state index in [1.807, 2.05) is 0 Å². The molecule has 0 unspecified atom stereocenters. The molecule has 2 heterocycles. The van der Waals surface area contributed by atoms with Crippen LogP contribution in [0.3, 0.4) is 0 Å². The van der Waals surface area contributed by atoms with Gasteiger partial charge in [-0.15, -0.1) is 0 Å². The van der Waals surface area contributed by atoms with Gasteiger partial charge in [-0.05, 0) is 29.9 Å². The standard InChI is InChI=1S/C13H20BrN5O2/c1-10-11(19(20)21)9-16-13(12(10)14)15-3-4-18-7-5-17(2)6-8-18/h9H,3-8H2,1-2H3,(H,15,16). The number of likely N-dealkylation sites (N-methyl/N-ethyl adjacent to an activating group) is 1. The van der Waals surface area contributed by atoms with Crippen molar-refractivity contribution in [3.63, 3.8) is 0 Å². The molecule has 1 aromatic rings. The fourth-order valence-electron chi connectivity index (χ4n) is 2.28. The molecule has 1 fully saturated rings. The van der Waals surface area contributed by atoms with Crippen LogP contribution in [-0.2, 0) is 0 Å². The summed E-state index contributed by atoms with van der Waals surface area (Å²) in [4.78, 5) is 19.3. The second kappa shape index (κ2) is 7.15. The van der Waals surface area contributed by atoms with E-state index in [1.54, 1.807) is 6.92 Å². The molecule has 0 amide bonds. The third-order valence-corrected chi connectivity index (χ3v) is 4.72. The topological polar surface area (TPSA) is 74.5 Å². The van der Waals surface area contributed by atoms with Gasteiger partial charge in [0.25, 0.3) is 5.69 Å².